The zero-order chi connectivity index (χ0) is 43.0. The average Bonchev–Trinajstić information content (AvgIpc) is 3.76. The average molecular weight is 817 g/mol. The van der Waals surface area contributed by atoms with Crippen LogP contribution in [0, 0.1) is 50.4 Å². The van der Waals surface area contributed by atoms with Gasteiger partial charge in [-0.3, -0.25) is 0 Å². The zero-order valence-corrected chi connectivity index (χ0v) is 33.6. The number of halogens is 3. The van der Waals surface area contributed by atoms with E-state index in [0.29, 0.717) is 51.9 Å². The highest BCUT2D eigenvalue weighted by Crippen LogP contribution is 2.42. The molecule has 0 radical (unpaired) electrons. The Bertz CT molecular complexity index is 3370. The lowest BCUT2D eigenvalue weighted by atomic mass is 9.95. The molecule has 4 heterocycles. The van der Waals surface area contributed by atoms with E-state index < -0.39 is 11.7 Å². The first-order valence-corrected chi connectivity index (χ1v) is 19.6. The highest BCUT2D eigenvalue weighted by atomic mass is 19.4. The van der Waals surface area contributed by atoms with Crippen molar-refractivity contribution in [2.45, 2.75) is 33.9 Å². The first-order chi connectivity index (χ1) is 29.9. The van der Waals surface area contributed by atoms with Crippen LogP contribution in [0.2, 0.25) is 0 Å². The second-order valence-electron chi connectivity index (χ2n) is 15.0. The van der Waals surface area contributed by atoms with Crippen LogP contribution in [0.1, 0.15) is 40.0 Å². The van der Waals surface area contributed by atoms with Gasteiger partial charge in [-0.1, -0.05) is 66.7 Å². The van der Waals surface area contributed by atoms with E-state index in [9.17, 15) is 23.7 Å². The van der Waals surface area contributed by atoms with Crippen LogP contribution in [0.3, 0.4) is 0 Å². The molecule has 0 fully saturated rings. The Hall–Kier alpha value is -8.29. The van der Waals surface area contributed by atoms with Gasteiger partial charge in [0, 0.05) is 32.7 Å². The SMILES string of the molecule is Cc1nc(C)nc(-c2ccc3c4ccccc4n(-c4cc(-c5ccc(C(F)(F)F)cc5C#N)cc(-n5c6ccccc6c6ccc(-c7nc(C)nc(C)n7)cc65)c4C#N)c3c2)n1. The van der Waals surface area contributed by atoms with Crippen molar-refractivity contribution in [3.05, 3.63) is 155 Å². The monoisotopic (exact) mass is 816 g/mol. The van der Waals surface area contributed by atoms with Gasteiger partial charge < -0.3 is 9.13 Å². The highest BCUT2D eigenvalue weighted by Gasteiger charge is 2.32. The number of rotatable bonds is 5. The summed E-state index contributed by atoms with van der Waals surface area (Å²) in [7, 11) is 0. The fourth-order valence-electron chi connectivity index (χ4n) is 8.53. The molecule has 0 aliphatic heterocycles. The van der Waals surface area contributed by atoms with Gasteiger partial charge in [0.1, 0.15) is 34.9 Å². The van der Waals surface area contributed by atoms with Gasteiger partial charge >= 0.3 is 6.18 Å². The Balaban J connectivity index is 1.35. The zero-order valence-electron chi connectivity index (χ0n) is 33.6. The predicted octanol–water partition coefficient (Wildman–Crippen LogP) is 11.2. The molecule has 62 heavy (non-hydrogen) atoms. The van der Waals surface area contributed by atoms with Gasteiger partial charge in [-0.05, 0) is 87.4 Å². The van der Waals surface area contributed by atoms with Gasteiger partial charge in [0.05, 0.1) is 50.6 Å². The lowest BCUT2D eigenvalue weighted by Crippen LogP contribution is -2.07. The minimum Gasteiger partial charge on any atom is -0.308 e. The molecule has 6 aromatic carbocycles. The number of alkyl halides is 3. The summed E-state index contributed by atoms with van der Waals surface area (Å²) in [4.78, 5) is 27.3. The van der Waals surface area contributed by atoms with Crippen LogP contribution in [-0.2, 0) is 6.18 Å². The van der Waals surface area contributed by atoms with Crippen molar-refractivity contribution in [2.24, 2.45) is 0 Å². The summed E-state index contributed by atoms with van der Waals surface area (Å²) in [6.45, 7) is 7.22. The molecule has 0 unspecified atom stereocenters. The lowest BCUT2D eigenvalue weighted by molar-refractivity contribution is -0.137. The first-order valence-electron chi connectivity index (χ1n) is 19.6. The summed E-state index contributed by atoms with van der Waals surface area (Å²) in [5.41, 5.74) is 5.21. The Morgan fingerprint density at radius 3 is 1.35 bits per heavy atom. The van der Waals surface area contributed by atoms with Crippen molar-refractivity contribution < 1.29 is 13.2 Å². The molecule has 0 bridgehead atoms. The largest absolute Gasteiger partial charge is 0.416 e. The Morgan fingerprint density at radius 1 is 0.468 bits per heavy atom. The normalized spacial score (nSPS) is 11.8. The highest BCUT2D eigenvalue weighted by molar-refractivity contribution is 6.12. The Kier molecular flexibility index (Phi) is 8.68. The van der Waals surface area contributed by atoms with E-state index in [0.717, 1.165) is 66.9 Å². The van der Waals surface area contributed by atoms with Crippen LogP contribution in [0.25, 0.3) is 88.9 Å². The summed E-state index contributed by atoms with van der Waals surface area (Å²) in [5, 5.41) is 25.4. The molecule has 0 spiro atoms. The number of nitriles is 2. The number of hydrogen-bond donors (Lipinski definition) is 0. The number of hydrogen-bond acceptors (Lipinski definition) is 8. The molecule has 0 aliphatic carbocycles. The van der Waals surface area contributed by atoms with Gasteiger partial charge in [0.25, 0.3) is 0 Å². The number of aromatic nitrogens is 8. The van der Waals surface area contributed by atoms with Crippen LogP contribution in [0.4, 0.5) is 13.2 Å². The van der Waals surface area contributed by atoms with Crippen molar-refractivity contribution in [1.82, 2.24) is 39.0 Å². The first kappa shape index (κ1) is 37.9. The van der Waals surface area contributed by atoms with Crippen LogP contribution >= 0.6 is 0 Å². The molecular weight excluding hydrogens is 786 g/mol. The van der Waals surface area contributed by atoms with Crippen molar-refractivity contribution in [2.75, 3.05) is 0 Å². The predicted molar refractivity (Wildman–Crippen MR) is 232 cm³/mol. The second kappa shape index (κ2) is 14.2. The maximum atomic E-state index is 14.1. The van der Waals surface area contributed by atoms with Crippen LogP contribution in [-0.4, -0.2) is 39.0 Å². The van der Waals surface area contributed by atoms with E-state index in [1.807, 2.05) is 100 Å². The molecular formula is C49H31F3N10. The lowest BCUT2D eigenvalue weighted by Gasteiger charge is -2.19. The molecule has 10 aromatic rings. The molecule has 0 amide bonds. The molecule has 0 atom stereocenters. The third-order valence-electron chi connectivity index (χ3n) is 11.1. The standard InChI is InChI=1S/C49H31F3N10/c1-26-55-27(2)58-47(57-26)30-13-16-38-36-9-5-7-11-41(36)61(43(38)20-30)45-22-32(35-18-15-34(49(50,51)52)19-33(35)24-53)23-46(40(45)25-54)62-42-12-8-6-10-37(42)39-17-14-31(21-44(39)62)48-59-28(3)56-29(4)60-48/h5-23H,1-4H3. The molecule has 4 aromatic heterocycles. The fourth-order valence-corrected chi connectivity index (χ4v) is 8.53. The Labute approximate surface area is 351 Å². The summed E-state index contributed by atoms with van der Waals surface area (Å²) in [6, 6.07) is 38.8. The number of para-hydroxylation sites is 2. The molecule has 298 valence electrons. The maximum absolute atomic E-state index is 14.1. The molecule has 0 saturated heterocycles. The van der Waals surface area contributed by atoms with Gasteiger partial charge in [-0.15, -0.1) is 0 Å². The molecule has 10 rings (SSSR count). The minimum absolute atomic E-state index is 0.170. The van der Waals surface area contributed by atoms with E-state index in [2.05, 4.69) is 36.0 Å². The second-order valence-corrected chi connectivity index (χ2v) is 15.0. The summed E-state index contributed by atoms with van der Waals surface area (Å²) in [6.07, 6.45) is -4.67. The van der Waals surface area contributed by atoms with Gasteiger partial charge in [-0.2, -0.15) is 23.7 Å². The van der Waals surface area contributed by atoms with E-state index >= 15 is 0 Å². The number of benzene rings is 6. The van der Waals surface area contributed by atoms with Crippen molar-refractivity contribution in [3.8, 4) is 57.4 Å². The third kappa shape index (κ3) is 6.18. The molecule has 0 N–H and O–H groups in total. The fraction of sp³-hybridized carbons (Fsp3) is 0.102. The maximum Gasteiger partial charge on any atom is 0.416 e. The van der Waals surface area contributed by atoms with E-state index in [-0.39, 0.29) is 16.7 Å². The van der Waals surface area contributed by atoms with Gasteiger partial charge in [-0.25, -0.2) is 29.9 Å². The van der Waals surface area contributed by atoms with Gasteiger partial charge in [0.15, 0.2) is 11.6 Å². The van der Waals surface area contributed by atoms with Crippen molar-refractivity contribution in [3.63, 3.8) is 0 Å². The summed E-state index contributed by atoms with van der Waals surface area (Å²) >= 11 is 0. The third-order valence-corrected chi connectivity index (χ3v) is 11.1. The molecule has 13 heteroatoms. The van der Waals surface area contributed by atoms with E-state index in [1.165, 1.54) is 6.07 Å². The topological polar surface area (TPSA) is 135 Å². The van der Waals surface area contributed by atoms with E-state index in [4.69, 9.17) is 0 Å². The van der Waals surface area contributed by atoms with Crippen LogP contribution in [0.15, 0.2) is 115 Å². The van der Waals surface area contributed by atoms with Crippen LogP contribution < -0.4 is 0 Å². The number of aryl methyl sites for hydroxylation is 4. The van der Waals surface area contributed by atoms with Crippen molar-refractivity contribution in [1.29, 1.82) is 10.5 Å². The molecule has 10 nitrogen and oxygen atoms in total. The molecule has 0 aliphatic rings. The van der Waals surface area contributed by atoms with Gasteiger partial charge in [0.2, 0.25) is 0 Å². The Morgan fingerprint density at radius 2 is 0.919 bits per heavy atom. The number of nitrogens with zero attached hydrogens (tertiary/aromatic N) is 10. The van der Waals surface area contributed by atoms with E-state index in [1.54, 1.807) is 39.8 Å². The van der Waals surface area contributed by atoms with Crippen LogP contribution in [0.5, 0.6) is 0 Å². The molecule has 0 saturated carbocycles. The summed E-state index contributed by atoms with van der Waals surface area (Å²) < 4.78 is 46.1. The smallest absolute Gasteiger partial charge is 0.308 e. The minimum atomic E-state index is -4.67. The quantitative estimate of drug-likeness (QED) is 0.168. The summed E-state index contributed by atoms with van der Waals surface area (Å²) in [5.74, 6) is 3.23. The van der Waals surface area contributed by atoms with Crippen molar-refractivity contribution >= 4 is 43.6 Å². The number of fused-ring (bicyclic) bond motifs is 6.